The highest BCUT2D eigenvalue weighted by Gasteiger charge is 2.32. The van der Waals surface area contributed by atoms with Crippen LogP contribution in [0.3, 0.4) is 0 Å². The molecule has 1 aliphatic heterocycles. The van der Waals surface area contributed by atoms with Gasteiger partial charge in [-0.05, 0) is 36.6 Å². The minimum absolute atomic E-state index is 0.0205. The predicted molar refractivity (Wildman–Crippen MR) is 113 cm³/mol. The van der Waals surface area contributed by atoms with Gasteiger partial charge in [-0.15, -0.1) is 0 Å². The van der Waals surface area contributed by atoms with E-state index in [-0.39, 0.29) is 17.6 Å². The van der Waals surface area contributed by atoms with Crippen molar-refractivity contribution in [2.75, 3.05) is 25.0 Å². The van der Waals surface area contributed by atoms with E-state index in [4.69, 9.17) is 23.2 Å². The monoisotopic (exact) mass is 440 g/mol. The van der Waals surface area contributed by atoms with Gasteiger partial charge < -0.3 is 4.90 Å². The molecule has 3 rings (SSSR count). The van der Waals surface area contributed by atoms with E-state index in [1.165, 1.54) is 9.21 Å². The van der Waals surface area contributed by atoms with Crippen LogP contribution in [-0.4, -0.2) is 38.8 Å². The normalized spacial score (nSPS) is 16.1. The van der Waals surface area contributed by atoms with Gasteiger partial charge in [0.2, 0.25) is 15.9 Å². The van der Waals surface area contributed by atoms with E-state index in [9.17, 15) is 13.2 Å². The first-order chi connectivity index (χ1) is 13.3. The Hall–Kier alpha value is -1.60. The quantitative estimate of drug-likeness (QED) is 0.699. The molecule has 0 N–H and O–H groups in total. The van der Waals surface area contributed by atoms with Crippen molar-refractivity contribution in [1.82, 2.24) is 4.31 Å². The number of piperidine rings is 1. The summed E-state index contributed by atoms with van der Waals surface area (Å²) in [6.07, 6.45) is 0.983. The lowest BCUT2D eigenvalue weighted by molar-refractivity contribution is -0.123. The van der Waals surface area contributed by atoms with Gasteiger partial charge in [-0.25, -0.2) is 12.7 Å². The number of hydrogen-bond donors (Lipinski definition) is 0. The predicted octanol–water partition coefficient (Wildman–Crippen LogP) is 4.20. The molecular weight excluding hydrogens is 419 g/mol. The van der Waals surface area contributed by atoms with Crippen LogP contribution in [0.4, 0.5) is 5.69 Å². The van der Waals surface area contributed by atoms with E-state index >= 15 is 0 Å². The van der Waals surface area contributed by atoms with Crippen LogP contribution in [0.25, 0.3) is 0 Å². The zero-order chi connectivity index (χ0) is 20.3. The number of sulfonamides is 1. The minimum Gasteiger partial charge on any atom is -0.315 e. The van der Waals surface area contributed by atoms with Crippen LogP contribution in [-0.2, 0) is 20.6 Å². The van der Waals surface area contributed by atoms with Gasteiger partial charge in [0.05, 0.1) is 5.75 Å². The van der Waals surface area contributed by atoms with Crippen LogP contribution in [0.2, 0.25) is 10.0 Å². The molecule has 150 valence electrons. The van der Waals surface area contributed by atoms with E-state index in [1.54, 1.807) is 37.4 Å². The fourth-order valence-electron chi connectivity index (χ4n) is 3.39. The van der Waals surface area contributed by atoms with Crippen LogP contribution in [0.15, 0.2) is 48.5 Å². The smallest absolute Gasteiger partial charge is 0.229 e. The third-order valence-corrected chi connectivity index (χ3v) is 7.24. The molecule has 0 saturated carbocycles. The SMILES string of the molecule is CN(C(=O)C1CCN(S(=O)(=O)Cc2ccccc2)CC1)c1cc(Cl)cc(Cl)c1. The van der Waals surface area contributed by atoms with Gasteiger partial charge in [0, 0.05) is 41.8 Å². The number of amides is 1. The molecule has 0 radical (unpaired) electrons. The van der Waals surface area contributed by atoms with Crippen LogP contribution in [0.1, 0.15) is 18.4 Å². The third-order valence-electron chi connectivity index (χ3n) is 4.95. The summed E-state index contributed by atoms with van der Waals surface area (Å²) in [4.78, 5) is 14.4. The summed E-state index contributed by atoms with van der Waals surface area (Å²) in [7, 11) is -1.71. The van der Waals surface area contributed by atoms with Crippen LogP contribution < -0.4 is 4.90 Å². The number of anilines is 1. The van der Waals surface area contributed by atoms with Crippen molar-refractivity contribution in [3.8, 4) is 0 Å². The molecule has 1 aliphatic rings. The van der Waals surface area contributed by atoms with Crippen LogP contribution in [0.5, 0.6) is 0 Å². The second-order valence-corrected chi connectivity index (χ2v) is 9.78. The molecule has 0 aliphatic carbocycles. The molecule has 1 saturated heterocycles. The Morgan fingerprint density at radius 1 is 1.07 bits per heavy atom. The van der Waals surface area contributed by atoms with Gasteiger partial charge in [-0.1, -0.05) is 53.5 Å². The summed E-state index contributed by atoms with van der Waals surface area (Å²) in [5.41, 5.74) is 1.39. The lowest BCUT2D eigenvalue weighted by atomic mass is 9.96. The first-order valence-electron chi connectivity index (χ1n) is 9.02. The number of hydrogen-bond acceptors (Lipinski definition) is 3. The fourth-order valence-corrected chi connectivity index (χ4v) is 5.47. The highest BCUT2D eigenvalue weighted by Crippen LogP contribution is 2.28. The fraction of sp³-hybridized carbons (Fsp3) is 0.350. The summed E-state index contributed by atoms with van der Waals surface area (Å²) in [6, 6.07) is 14.1. The Morgan fingerprint density at radius 3 is 2.21 bits per heavy atom. The summed E-state index contributed by atoms with van der Waals surface area (Å²) in [5, 5.41) is 0.924. The lowest BCUT2D eigenvalue weighted by Crippen LogP contribution is -2.43. The molecule has 1 fully saturated rings. The molecule has 0 unspecified atom stereocenters. The zero-order valence-corrected chi connectivity index (χ0v) is 17.8. The highest BCUT2D eigenvalue weighted by molar-refractivity contribution is 7.88. The standard InChI is InChI=1S/C20H22Cl2N2O3S/c1-23(19-12-17(21)11-18(22)13-19)20(25)16-7-9-24(10-8-16)28(26,27)14-15-5-3-2-4-6-15/h2-6,11-13,16H,7-10,14H2,1H3. The number of halogens is 2. The van der Waals surface area contributed by atoms with Crippen LogP contribution >= 0.6 is 23.2 Å². The Bertz CT molecular complexity index is 923. The van der Waals surface area contributed by atoms with Crippen molar-refractivity contribution in [3.63, 3.8) is 0 Å². The maximum absolute atomic E-state index is 12.8. The summed E-state index contributed by atoms with van der Waals surface area (Å²) >= 11 is 12.0. The van der Waals surface area contributed by atoms with Crippen molar-refractivity contribution in [3.05, 3.63) is 64.1 Å². The van der Waals surface area contributed by atoms with Crippen molar-refractivity contribution < 1.29 is 13.2 Å². The Morgan fingerprint density at radius 2 is 1.64 bits per heavy atom. The van der Waals surface area contributed by atoms with Crippen LogP contribution in [0, 0.1) is 5.92 Å². The molecule has 1 amide bonds. The maximum atomic E-state index is 12.8. The maximum Gasteiger partial charge on any atom is 0.229 e. The Labute approximate surface area is 175 Å². The molecule has 0 bridgehead atoms. The summed E-state index contributed by atoms with van der Waals surface area (Å²) in [6.45, 7) is 0.686. The summed E-state index contributed by atoms with van der Waals surface area (Å²) in [5.74, 6) is -0.308. The number of nitrogens with zero attached hydrogens (tertiary/aromatic N) is 2. The van der Waals surface area contributed by atoms with E-state index in [0.29, 0.717) is 41.7 Å². The van der Waals surface area contributed by atoms with E-state index in [1.807, 2.05) is 18.2 Å². The number of benzene rings is 2. The molecule has 28 heavy (non-hydrogen) atoms. The second kappa shape index (κ2) is 8.82. The molecule has 8 heteroatoms. The largest absolute Gasteiger partial charge is 0.315 e. The number of rotatable bonds is 5. The third kappa shape index (κ3) is 5.06. The molecular formula is C20H22Cl2N2O3S. The van der Waals surface area contributed by atoms with Gasteiger partial charge in [0.1, 0.15) is 0 Å². The van der Waals surface area contributed by atoms with E-state index in [2.05, 4.69) is 0 Å². The zero-order valence-electron chi connectivity index (χ0n) is 15.5. The second-order valence-electron chi connectivity index (χ2n) is 6.94. The lowest BCUT2D eigenvalue weighted by Gasteiger charge is -2.32. The number of carbonyl (C=O) groups is 1. The van der Waals surface area contributed by atoms with Gasteiger partial charge in [-0.3, -0.25) is 4.79 Å². The first kappa shape index (κ1) is 21.1. The molecule has 0 aromatic heterocycles. The van der Waals surface area contributed by atoms with Crippen molar-refractivity contribution in [2.24, 2.45) is 5.92 Å². The van der Waals surface area contributed by atoms with Gasteiger partial charge >= 0.3 is 0 Å². The molecule has 5 nitrogen and oxygen atoms in total. The molecule has 1 heterocycles. The Kier molecular flexibility index (Phi) is 6.65. The van der Waals surface area contributed by atoms with Gasteiger partial charge in [0.15, 0.2) is 0 Å². The van der Waals surface area contributed by atoms with Crippen molar-refractivity contribution in [1.29, 1.82) is 0 Å². The molecule has 0 spiro atoms. The molecule has 2 aromatic carbocycles. The minimum atomic E-state index is -3.40. The van der Waals surface area contributed by atoms with Gasteiger partial charge in [-0.2, -0.15) is 0 Å². The van der Waals surface area contributed by atoms with Crippen molar-refractivity contribution in [2.45, 2.75) is 18.6 Å². The molecule has 0 atom stereocenters. The van der Waals surface area contributed by atoms with Crippen molar-refractivity contribution >= 4 is 44.8 Å². The van der Waals surface area contributed by atoms with E-state index in [0.717, 1.165) is 5.56 Å². The average Bonchev–Trinajstić information content (AvgIpc) is 2.66. The van der Waals surface area contributed by atoms with Gasteiger partial charge in [0.25, 0.3) is 0 Å². The number of carbonyl (C=O) groups excluding carboxylic acids is 1. The Balaban J connectivity index is 1.62. The highest BCUT2D eigenvalue weighted by atomic mass is 35.5. The van der Waals surface area contributed by atoms with E-state index < -0.39 is 10.0 Å². The average molecular weight is 441 g/mol. The topological polar surface area (TPSA) is 57.7 Å². The first-order valence-corrected chi connectivity index (χ1v) is 11.4. The molecule has 2 aromatic rings. The summed E-state index contributed by atoms with van der Waals surface area (Å²) < 4.78 is 26.8.